The van der Waals surface area contributed by atoms with E-state index in [2.05, 4.69) is 29.9 Å². The molecule has 0 aliphatic heterocycles. The lowest BCUT2D eigenvalue weighted by Gasteiger charge is -2.28. The summed E-state index contributed by atoms with van der Waals surface area (Å²) in [7, 11) is 1.70. The molecule has 3 aromatic rings. The largest absolute Gasteiger partial charge is 0.497 e. The molecule has 1 heterocycles. The van der Waals surface area contributed by atoms with Gasteiger partial charge in [0.1, 0.15) is 11.8 Å². The summed E-state index contributed by atoms with van der Waals surface area (Å²) in [5.74, 6) is -0.0358. The number of nitrogens with one attached hydrogen (secondary N) is 1. The smallest absolute Gasteiger partial charge is 0.256 e. The molecule has 8 heteroatoms. The highest BCUT2D eigenvalue weighted by atomic mass is 28.3. The number of amides is 2. The molecular weight excluding hydrogens is 446 g/mol. The van der Waals surface area contributed by atoms with Gasteiger partial charge in [-0.3, -0.25) is 14.6 Å². The molecule has 0 spiro atoms. The van der Waals surface area contributed by atoms with Gasteiger partial charge >= 0.3 is 0 Å². The van der Waals surface area contributed by atoms with Crippen LogP contribution in [0.15, 0.2) is 66.9 Å². The zero-order valence-electron chi connectivity index (χ0n) is 20.2. The van der Waals surface area contributed by atoms with Crippen LogP contribution < -0.4 is 15.2 Å². The van der Waals surface area contributed by atoms with E-state index in [-0.39, 0.29) is 18.4 Å². The molecule has 2 aromatic carbocycles. The number of methoxy groups -OCH3 is 1. The molecule has 0 saturated carbocycles. The number of hydrogen-bond acceptors (Lipinski definition) is 5. The van der Waals surface area contributed by atoms with Crippen molar-refractivity contribution >= 4 is 30.8 Å². The zero-order chi connectivity index (χ0) is 24.9. The summed E-state index contributed by atoms with van der Waals surface area (Å²) in [6.45, 7) is 6.59. The first-order chi connectivity index (χ1) is 16.1. The second kappa shape index (κ2) is 10.6. The second-order valence-corrected chi connectivity index (χ2v) is 14.2. The number of carbonyl (C=O) groups is 2. The lowest BCUT2D eigenvalue weighted by atomic mass is 10.0. The maximum atomic E-state index is 13.5. The molecule has 0 saturated heterocycles. The van der Waals surface area contributed by atoms with E-state index >= 15 is 0 Å². The van der Waals surface area contributed by atoms with Crippen LogP contribution >= 0.6 is 0 Å². The molecule has 0 radical (unpaired) electrons. The molecule has 3 rings (SSSR count). The Morgan fingerprint density at radius 3 is 2.18 bits per heavy atom. The Kier molecular flexibility index (Phi) is 7.85. The summed E-state index contributed by atoms with van der Waals surface area (Å²) >= 11 is 0. The van der Waals surface area contributed by atoms with E-state index < -0.39 is 14.1 Å². The molecule has 0 aliphatic rings. The molecule has 2 amide bonds. The molecule has 2 N–H and O–H groups in total. The number of aliphatic hydroxyl groups excluding tert-OH is 1. The Balaban J connectivity index is 1.90. The van der Waals surface area contributed by atoms with E-state index in [1.807, 2.05) is 24.3 Å². The third-order valence-electron chi connectivity index (χ3n) is 5.64. The van der Waals surface area contributed by atoms with Crippen molar-refractivity contribution in [2.24, 2.45) is 0 Å². The van der Waals surface area contributed by atoms with Crippen molar-refractivity contribution in [3.05, 3.63) is 83.7 Å². The maximum absolute atomic E-state index is 13.5. The highest BCUT2D eigenvalue weighted by Gasteiger charge is 2.30. The van der Waals surface area contributed by atoms with Crippen LogP contribution in [0.5, 0.6) is 5.75 Å². The molecule has 0 aliphatic carbocycles. The number of pyridine rings is 1. The first kappa shape index (κ1) is 25.1. The average Bonchev–Trinajstić information content (AvgIpc) is 2.84. The summed E-state index contributed by atoms with van der Waals surface area (Å²) in [4.78, 5) is 32.1. The van der Waals surface area contributed by atoms with E-state index in [0.29, 0.717) is 28.3 Å². The first-order valence-corrected chi connectivity index (χ1v) is 14.5. The number of anilines is 1. The summed E-state index contributed by atoms with van der Waals surface area (Å²) in [6.07, 6.45) is 1.41. The molecule has 0 fully saturated rings. The molecule has 1 aromatic heterocycles. The van der Waals surface area contributed by atoms with E-state index in [0.717, 1.165) is 0 Å². The number of hydrogen-bond donors (Lipinski definition) is 2. The third kappa shape index (κ3) is 5.89. The van der Waals surface area contributed by atoms with Gasteiger partial charge in [-0.2, -0.15) is 0 Å². The summed E-state index contributed by atoms with van der Waals surface area (Å²) < 4.78 is 5.24. The quantitative estimate of drug-likeness (QED) is 0.484. The van der Waals surface area contributed by atoms with Crippen LogP contribution in [0.1, 0.15) is 27.7 Å². The third-order valence-corrected chi connectivity index (χ3v) is 7.71. The lowest BCUT2D eigenvalue weighted by molar-refractivity contribution is -0.120. The standard InChI is InChI=1S/C26H31N3O4Si/c1-29(26(32)19-6-9-21(17-30)27-16-19)24(18-7-12-22(33-2)13-8-18)25(31)28-20-10-14-23(15-11-20)34(3,4)5/h6-16,24,30H,17H2,1-5H3,(H,28,31). The Morgan fingerprint density at radius 1 is 1.03 bits per heavy atom. The predicted molar refractivity (Wildman–Crippen MR) is 136 cm³/mol. The summed E-state index contributed by atoms with van der Waals surface area (Å²) in [5.41, 5.74) is 2.10. The highest BCUT2D eigenvalue weighted by Crippen LogP contribution is 2.25. The van der Waals surface area contributed by atoms with Crippen molar-refractivity contribution in [3.63, 3.8) is 0 Å². The van der Waals surface area contributed by atoms with Crippen molar-refractivity contribution in [2.45, 2.75) is 32.3 Å². The normalized spacial score (nSPS) is 12.1. The van der Waals surface area contributed by atoms with Crippen molar-refractivity contribution in [1.29, 1.82) is 0 Å². The van der Waals surface area contributed by atoms with Crippen LogP contribution in [0.3, 0.4) is 0 Å². The number of likely N-dealkylation sites (N-methyl/N-ethyl adjacent to an activating group) is 1. The fourth-order valence-electron chi connectivity index (χ4n) is 3.57. The molecule has 1 unspecified atom stereocenters. The molecule has 1 atom stereocenters. The first-order valence-electron chi connectivity index (χ1n) is 11.0. The van der Waals surface area contributed by atoms with Crippen LogP contribution in [0.2, 0.25) is 19.6 Å². The van der Waals surface area contributed by atoms with E-state index in [1.54, 1.807) is 50.6 Å². The predicted octanol–water partition coefficient (Wildman–Crippen LogP) is 3.58. The van der Waals surface area contributed by atoms with E-state index in [4.69, 9.17) is 4.74 Å². The number of ether oxygens (including phenoxy) is 1. The topological polar surface area (TPSA) is 91.8 Å². The second-order valence-electron chi connectivity index (χ2n) is 9.10. The van der Waals surface area contributed by atoms with Crippen LogP contribution in [0, 0.1) is 0 Å². The van der Waals surface area contributed by atoms with Crippen LogP contribution in [-0.4, -0.2) is 49.0 Å². The van der Waals surface area contributed by atoms with Gasteiger partial charge in [0.15, 0.2) is 0 Å². The Bertz CT molecular complexity index is 1120. The zero-order valence-corrected chi connectivity index (χ0v) is 21.2. The van der Waals surface area contributed by atoms with Crippen LogP contribution in [0.25, 0.3) is 0 Å². The van der Waals surface area contributed by atoms with Gasteiger partial charge in [-0.15, -0.1) is 0 Å². The van der Waals surface area contributed by atoms with E-state index in [1.165, 1.54) is 16.3 Å². The fourth-order valence-corrected chi connectivity index (χ4v) is 4.73. The van der Waals surface area contributed by atoms with Gasteiger partial charge in [0.25, 0.3) is 11.8 Å². The number of carbonyl (C=O) groups excluding carboxylic acids is 2. The number of aromatic nitrogens is 1. The van der Waals surface area contributed by atoms with Gasteiger partial charge in [0, 0.05) is 18.9 Å². The van der Waals surface area contributed by atoms with Gasteiger partial charge < -0.3 is 20.1 Å². The maximum Gasteiger partial charge on any atom is 0.256 e. The van der Waals surface area contributed by atoms with Crippen molar-refractivity contribution in [3.8, 4) is 5.75 Å². The SMILES string of the molecule is COc1ccc(C(C(=O)Nc2ccc([Si](C)(C)C)cc2)N(C)C(=O)c2ccc(CO)nc2)cc1. The van der Waals surface area contributed by atoms with Crippen molar-refractivity contribution in [2.75, 3.05) is 19.5 Å². The fraction of sp³-hybridized carbons (Fsp3) is 0.269. The minimum Gasteiger partial charge on any atom is -0.497 e. The lowest BCUT2D eigenvalue weighted by Crippen LogP contribution is -2.39. The molecule has 7 nitrogen and oxygen atoms in total. The Labute approximate surface area is 201 Å². The molecule has 0 bridgehead atoms. The summed E-state index contributed by atoms with van der Waals surface area (Å²) in [6, 6.07) is 17.3. The van der Waals surface area contributed by atoms with Crippen molar-refractivity contribution in [1.82, 2.24) is 9.88 Å². The highest BCUT2D eigenvalue weighted by molar-refractivity contribution is 6.88. The van der Waals surface area contributed by atoms with Crippen LogP contribution in [0.4, 0.5) is 5.69 Å². The molecule has 178 valence electrons. The molecular formula is C26H31N3O4Si. The monoisotopic (exact) mass is 477 g/mol. The molecule has 34 heavy (non-hydrogen) atoms. The minimum absolute atomic E-state index is 0.211. The van der Waals surface area contributed by atoms with Gasteiger partial charge in [0.05, 0.1) is 33.0 Å². The summed E-state index contributed by atoms with van der Waals surface area (Å²) in [5, 5.41) is 13.5. The average molecular weight is 478 g/mol. The van der Waals surface area contributed by atoms with Gasteiger partial charge in [-0.05, 0) is 42.0 Å². The number of rotatable bonds is 8. The van der Waals surface area contributed by atoms with Crippen molar-refractivity contribution < 1.29 is 19.4 Å². The number of benzene rings is 2. The number of nitrogens with zero attached hydrogens (tertiary/aromatic N) is 2. The van der Waals surface area contributed by atoms with Gasteiger partial charge in [0.2, 0.25) is 0 Å². The van der Waals surface area contributed by atoms with Gasteiger partial charge in [-0.1, -0.05) is 49.1 Å². The Morgan fingerprint density at radius 2 is 1.68 bits per heavy atom. The number of aliphatic hydroxyl groups is 1. The minimum atomic E-state index is -1.46. The van der Waals surface area contributed by atoms with Gasteiger partial charge in [-0.25, -0.2) is 0 Å². The van der Waals surface area contributed by atoms with Crippen LogP contribution in [-0.2, 0) is 11.4 Å². The van der Waals surface area contributed by atoms with E-state index in [9.17, 15) is 14.7 Å². The Hall–Kier alpha value is -3.49.